The summed E-state index contributed by atoms with van der Waals surface area (Å²) in [5.74, 6) is 3.35. The molecule has 2 heteroatoms. The second-order valence-corrected chi connectivity index (χ2v) is 6.09. The van der Waals surface area contributed by atoms with Crippen molar-refractivity contribution in [1.29, 1.82) is 0 Å². The summed E-state index contributed by atoms with van der Waals surface area (Å²) >= 11 is 5.69. The van der Waals surface area contributed by atoms with Gasteiger partial charge in [0.25, 0.3) is 0 Å². The van der Waals surface area contributed by atoms with Crippen molar-refractivity contribution in [3.05, 3.63) is 35.9 Å². The first-order chi connectivity index (χ1) is 7.86. The van der Waals surface area contributed by atoms with Crippen molar-refractivity contribution in [3.8, 4) is 0 Å². The van der Waals surface area contributed by atoms with Gasteiger partial charge in [-0.3, -0.25) is 0 Å². The van der Waals surface area contributed by atoms with E-state index in [0.29, 0.717) is 0 Å². The molecular weight excluding hydrogens is 280 g/mol. The number of halogens is 1. The maximum Gasteiger partial charge on any atom is 0.00628 e. The number of hydrogen-bond donors (Lipinski definition) is 0. The zero-order valence-corrected chi connectivity index (χ0v) is 12.4. The molecule has 0 aliphatic heterocycles. The van der Waals surface area contributed by atoms with Gasteiger partial charge in [-0.15, -0.1) is 0 Å². The fraction of sp³-hybridized carbons (Fsp3) is 0.571. The monoisotopic (exact) mass is 300 g/mol. The molecule has 90 valence electrons. The predicted molar refractivity (Wildman–Crippen MR) is 79.7 cm³/mol. The second kappa shape index (κ2) is 9.12. The van der Waals surface area contributed by atoms with E-state index in [1.807, 2.05) is 0 Å². The van der Waals surface area contributed by atoms with Crippen LogP contribution in [0.15, 0.2) is 30.3 Å². The SMILES string of the molecule is CCSCCCC(CBr)Cc1ccccc1. The Morgan fingerprint density at radius 2 is 2.00 bits per heavy atom. The lowest BCUT2D eigenvalue weighted by atomic mass is 9.97. The van der Waals surface area contributed by atoms with E-state index in [9.17, 15) is 0 Å². The molecule has 1 atom stereocenters. The Morgan fingerprint density at radius 3 is 2.62 bits per heavy atom. The number of alkyl halides is 1. The lowest BCUT2D eigenvalue weighted by molar-refractivity contribution is 0.537. The highest BCUT2D eigenvalue weighted by atomic mass is 79.9. The summed E-state index contributed by atoms with van der Waals surface area (Å²) in [6.45, 7) is 2.23. The first kappa shape index (κ1) is 14.1. The molecule has 0 aliphatic carbocycles. The summed E-state index contributed by atoms with van der Waals surface area (Å²) < 4.78 is 0. The van der Waals surface area contributed by atoms with Crippen LogP contribution < -0.4 is 0 Å². The third-order valence-corrected chi connectivity index (χ3v) is 4.59. The topological polar surface area (TPSA) is 0 Å². The van der Waals surface area contributed by atoms with E-state index >= 15 is 0 Å². The van der Waals surface area contributed by atoms with Gasteiger partial charge in [0.1, 0.15) is 0 Å². The fourth-order valence-electron chi connectivity index (χ4n) is 1.80. The van der Waals surface area contributed by atoms with Crippen molar-refractivity contribution >= 4 is 27.7 Å². The first-order valence-corrected chi connectivity index (χ1v) is 8.32. The number of thioether (sulfide) groups is 1. The lowest BCUT2D eigenvalue weighted by Crippen LogP contribution is -2.06. The van der Waals surface area contributed by atoms with Crippen LogP contribution in [-0.4, -0.2) is 16.8 Å². The van der Waals surface area contributed by atoms with E-state index in [4.69, 9.17) is 0 Å². The van der Waals surface area contributed by atoms with Crippen molar-refractivity contribution in [3.63, 3.8) is 0 Å². The van der Waals surface area contributed by atoms with E-state index in [2.05, 4.69) is 64.9 Å². The van der Waals surface area contributed by atoms with Gasteiger partial charge in [0.2, 0.25) is 0 Å². The maximum atomic E-state index is 3.64. The Balaban J connectivity index is 2.26. The summed E-state index contributed by atoms with van der Waals surface area (Å²) in [6.07, 6.45) is 3.90. The molecule has 1 aromatic rings. The summed E-state index contributed by atoms with van der Waals surface area (Å²) in [6, 6.07) is 10.8. The van der Waals surface area contributed by atoms with E-state index in [0.717, 1.165) is 11.2 Å². The van der Waals surface area contributed by atoms with Crippen LogP contribution in [-0.2, 0) is 6.42 Å². The fourth-order valence-corrected chi connectivity index (χ4v) is 3.01. The van der Waals surface area contributed by atoms with Gasteiger partial charge in [-0.25, -0.2) is 0 Å². The van der Waals surface area contributed by atoms with E-state index in [1.54, 1.807) is 0 Å². The third kappa shape index (κ3) is 5.95. The first-order valence-electron chi connectivity index (χ1n) is 6.04. The van der Waals surface area contributed by atoms with Crippen molar-refractivity contribution in [2.75, 3.05) is 16.8 Å². The summed E-state index contributed by atoms with van der Waals surface area (Å²) in [5.41, 5.74) is 1.47. The van der Waals surface area contributed by atoms with Crippen molar-refractivity contribution < 1.29 is 0 Å². The summed E-state index contributed by atoms with van der Waals surface area (Å²) in [4.78, 5) is 0. The largest absolute Gasteiger partial charge is 0.162 e. The number of hydrogen-bond acceptors (Lipinski definition) is 1. The molecule has 0 spiro atoms. The Kier molecular flexibility index (Phi) is 8.04. The van der Waals surface area contributed by atoms with Crippen LogP contribution in [0.2, 0.25) is 0 Å². The smallest absolute Gasteiger partial charge is 0.00628 e. The maximum absolute atomic E-state index is 3.64. The van der Waals surface area contributed by atoms with Gasteiger partial charge in [0.15, 0.2) is 0 Å². The standard InChI is InChI=1S/C14H21BrS/c1-2-16-10-6-9-14(12-15)11-13-7-4-3-5-8-13/h3-5,7-8,14H,2,6,9-12H2,1H3. The summed E-state index contributed by atoms with van der Waals surface area (Å²) in [5, 5.41) is 1.12. The number of rotatable bonds is 8. The van der Waals surface area contributed by atoms with E-state index in [-0.39, 0.29) is 0 Å². The molecule has 0 amide bonds. The average Bonchev–Trinajstić information content (AvgIpc) is 2.34. The molecule has 0 aliphatic rings. The quantitative estimate of drug-likeness (QED) is 0.492. The van der Waals surface area contributed by atoms with Crippen LogP contribution >= 0.6 is 27.7 Å². The minimum Gasteiger partial charge on any atom is -0.162 e. The van der Waals surface area contributed by atoms with Crippen LogP contribution in [0.3, 0.4) is 0 Å². The molecule has 0 heterocycles. The molecule has 16 heavy (non-hydrogen) atoms. The second-order valence-electron chi connectivity index (χ2n) is 4.05. The Hall–Kier alpha value is 0.0500. The minimum absolute atomic E-state index is 0.792. The zero-order valence-electron chi connectivity index (χ0n) is 9.99. The van der Waals surface area contributed by atoms with Crippen LogP contribution in [0.25, 0.3) is 0 Å². The van der Waals surface area contributed by atoms with E-state index in [1.165, 1.54) is 36.3 Å². The number of benzene rings is 1. The molecule has 0 fully saturated rings. The lowest BCUT2D eigenvalue weighted by Gasteiger charge is -2.13. The molecule has 1 unspecified atom stereocenters. The van der Waals surface area contributed by atoms with Crippen molar-refractivity contribution in [2.45, 2.75) is 26.2 Å². The van der Waals surface area contributed by atoms with Crippen molar-refractivity contribution in [1.82, 2.24) is 0 Å². The average molecular weight is 301 g/mol. The van der Waals surface area contributed by atoms with Crippen LogP contribution in [0, 0.1) is 5.92 Å². The van der Waals surface area contributed by atoms with Gasteiger partial charge < -0.3 is 0 Å². The van der Waals surface area contributed by atoms with Gasteiger partial charge in [-0.05, 0) is 42.2 Å². The van der Waals surface area contributed by atoms with E-state index < -0.39 is 0 Å². The third-order valence-electron chi connectivity index (χ3n) is 2.69. The molecule has 1 rings (SSSR count). The molecular formula is C14H21BrS. The molecule has 0 bridgehead atoms. The highest BCUT2D eigenvalue weighted by Crippen LogP contribution is 2.18. The molecule has 1 aromatic carbocycles. The van der Waals surface area contributed by atoms with Crippen molar-refractivity contribution in [2.24, 2.45) is 5.92 Å². The molecule has 0 radical (unpaired) electrons. The van der Waals surface area contributed by atoms with Crippen LogP contribution in [0.4, 0.5) is 0 Å². The molecule has 0 saturated heterocycles. The minimum atomic E-state index is 0.792. The Bertz CT molecular complexity index is 261. The van der Waals surface area contributed by atoms with Crippen LogP contribution in [0.1, 0.15) is 25.3 Å². The highest BCUT2D eigenvalue weighted by Gasteiger charge is 2.07. The molecule has 0 aromatic heterocycles. The Labute approximate surface area is 112 Å². The summed E-state index contributed by atoms with van der Waals surface area (Å²) in [7, 11) is 0. The molecule has 0 N–H and O–H groups in total. The van der Waals surface area contributed by atoms with Gasteiger partial charge in [0.05, 0.1) is 0 Å². The van der Waals surface area contributed by atoms with Gasteiger partial charge in [-0.1, -0.05) is 53.2 Å². The molecule has 0 nitrogen and oxygen atoms in total. The molecule has 0 saturated carbocycles. The predicted octanol–water partition coefficient (Wildman–Crippen LogP) is 4.77. The zero-order chi connectivity index (χ0) is 11.6. The highest BCUT2D eigenvalue weighted by molar-refractivity contribution is 9.09. The van der Waals surface area contributed by atoms with Gasteiger partial charge in [0, 0.05) is 5.33 Å². The van der Waals surface area contributed by atoms with Gasteiger partial charge >= 0.3 is 0 Å². The normalized spacial score (nSPS) is 12.6. The van der Waals surface area contributed by atoms with Crippen LogP contribution in [0.5, 0.6) is 0 Å². The Morgan fingerprint density at radius 1 is 1.25 bits per heavy atom. The van der Waals surface area contributed by atoms with Gasteiger partial charge in [-0.2, -0.15) is 11.8 Å².